The van der Waals surface area contributed by atoms with Crippen LogP contribution in [0.4, 0.5) is 13.2 Å². The molecule has 1 aromatic rings. The van der Waals surface area contributed by atoms with Gasteiger partial charge in [-0.2, -0.15) is 13.2 Å². The summed E-state index contributed by atoms with van der Waals surface area (Å²) in [5, 5.41) is 0. The fourth-order valence-corrected chi connectivity index (χ4v) is 2.61. The first-order valence-corrected chi connectivity index (χ1v) is 8.15. The lowest BCUT2D eigenvalue weighted by molar-refractivity contribution is -0.0334. The highest BCUT2D eigenvalue weighted by molar-refractivity contribution is 8.14. The van der Waals surface area contributed by atoms with Gasteiger partial charge in [-0.05, 0) is 56.0 Å². The number of hydrogen-bond acceptors (Lipinski definition) is 1. The van der Waals surface area contributed by atoms with Crippen LogP contribution in [0.2, 0.25) is 0 Å². The van der Waals surface area contributed by atoms with Gasteiger partial charge in [0.05, 0.1) is 0 Å². The molecule has 0 spiro atoms. The zero-order chi connectivity index (χ0) is 15.8. The summed E-state index contributed by atoms with van der Waals surface area (Å²) in [6.45, 7) is 6.42. The van der Waals surface area contributed by atoms with Crippen molar-refractivity contribution >= 4 is 16.4 Å². The van der Waals surface area contributed by atoms with Crippen molar-refractivity contribution < 1.29 is 13.2 Å². The van der Waals surface area contributed by atoms with Crippen LogP contribution in [0.5, 0.6) is 0 Å². The van der Waals surface area contributed by atoms with Crippen molar-refractivity contribution in [3.05, 3.63) is 29.3 Å². The summed E-state index contributed by atoms with van der Waals surface area (Å²) >= 11 is 0. The maximum Gasteiger partial charge on any atom is 0.440 e. The van der Waals surface area contributed by atoms with E-state index >= 15 is 0 Å². The van der Waals surface area contributed by atoms with E-state index in [4.69, 9.17) is 5.73 Å². The molecular formula is C15H24F3NS. The van der Waals surface area contributed by atoms with Gasteiger partial charge in [0.2, 0.25) is 0 Å². The molecule has 0 fully saturated rings. The minimum absolute atomic E-state index is 0.269. The Morgan fingerprint density at radius 1 is 1.15 bits per heavy atom. The van der Waals surface area contributed by atoms with E-state index in [-0.39, 0.29) is 4.90 Å². The molecule has 116 valence electrons. The molecule has 5 heteroatoms. The van der Waals surface area contributed by atoms with Gasteiger partial charge in [0.15, 0.2) is 0 Å². The third kappa shape index (κ3) is 6.57. The molecule has 20 heavy (non-hydrogen) atoms. The summed E-state index contributed by atoms with van der Waals surface area (Å²) in [7, 11) is -1.95. The molecule has 0 aliphatic carbocycles. The molecule has 0 amide bonds. The first kappa shape index (κ1) is 19.2. The van der Waals surface area contributed by atoms with E-state index < -0.39 is 16.0 Å². The monoisotopic (exact) mass is 307 g/mol. The zero-order valence-electron chi connectivity index (χ0n) is 12.4. The number of rotatable bonds is 5. The molecule has 2 N–H and O–H groups in total. The number of unbranched alkanes of at least 4 members (excludes halogenated alkanes) is 1. The highest BCUT2D eigenvalue weighted by Crippen LogP contribution is 2.42. The van der Waals surface area contributed by atoms with Gasteiger partial charge in [0, 0.05) is 4.90 Å². The molecule has 0 saturated heterocycles. The largest absolute Gasteiger partial charge is 0.440 e. The van der Waals surface area contributed by atoms with Gasteiger partial charge >= 0.3 is 5.51 Å². The average Bonchev–Trinajstić information content (AvgIpc) is 2.39. The van der Waals surface area contributed by atoms with Crippen LogP contribution < -0.4 is 5.73 Å². The molecule has 1 unspecified atom stereocenters. The molecule has 0 bridgehead atoms. The second kappa shape index (κ2) is 9.19. The van der Waals surface area contributed by atoms with E-state index in [1.54, 1.807) is 12.1 Å². The minimum atomic E-state index is -4.26. The fourth-order valence-electron chi connectivity index (χ4n) is 1.72. The molecule has 1 atom stereocenters. The Kier molecular flexibility index (Phi) is 8.81. The summed E-state index contributed by atoms with van der Waals surface area (Å²) < 4.78 is 37.9. The van der Waals surface area contributed by atoms with Gasteiger partial charge in [-0.15, -0.1) is 0 Å². The number of aryl methyl sites for hydroxylation is 2. The van der Waals surface area contributed by atoms with E-state index in [9.17, 15) is 13.2 Å². The van der Waals surface area contributed by atoms with Crippen LogP contribution in [0.1, 0.15) is 37.8 Å². The number of benzene rings is 1. The highest BCUT2D eigenvalue weighted by Gasteiger charge is 2.32. The molecule has 0 saturated carbocycles. The topological polar surface area (TPSA) is 26.0 Å². The molecule has 1 aromatic carbocycles. The highest BCUT2D eigenvalue weighted by atomic mass is 32.2. The van der Waals surface area contributed by atoms with E-state index in [0.29, 0.717) is 6.54 Å². The number of nitrogens with two attached hydrogens (primary N) is 1. The van der Waals surface area contributed by atoms with E-state index in [1.807, 2.05) is 26.8 Å². The molecule has 1 rings (SSSR count). The van der Waals surface area contributed by atoms with E-state index in [2.05, 4.69) is 5.87 Å². The maximum atomic E-state index is 12.6. The van der Waals surface area contributed by atoms with Gasteiger partial charge < -0.3 is 5.73 Å². The Bertz CT molecular complexity index is 428. The van der Waals surface area contributed by atoms with Gasteiger partial charge in [0.25, 0.3) is 0 Å². The second-order valence-electron chi connectivity index (χ2n) is 4.24. The van der Waals surface area contributed by atoms with Crippen molar-refractivity contribution in [2.45, 2.75) is 50.4 Å². The maximum absolute atomic E-state index is 12.6. The molecule has 0 aromatic heterocycles. The van der Waals surface area contributed by atoms with Crippen LogP contribution >= 0.6 is 10.5 Å². The Morgan fingerprint density at radius 3 is 2.25 bits per heavy atom. The van der Waals surface area contributed by atoms with Crippen LogP contribution in [0.3, 0.4) is 0 Å². The van der Waals surface area contributed by atoms with Crippen LogP contribution in [-0.4, -0.2) is 17.9 Å². The van der Waals surface area contributed by atoms with E-state index in [1.165, 1.54) is 0 Å². The molecule has 1 nitrogen and oxygen atoms in total. The van der Waals surface area contributed by atoms with Crippen molar-refractivity contribution in [2.24, 2.45) is 5.73 Å². The SMILES string of the molecule is C=S(c1cc(C)cc(CCCCN)c1)C(F)(F)F.CC. The molecular weight excluding hydrogens is 283 g/mol. The van der Waals surface area contributed by atoms with Crippen LogP contribution in [-0.2, 0) is 6.42 Å². The summed E-state index contributed by atoms with van der Waals surface area (Å²) in [6, 6.07) is 5.11. The third-order valence-electron chi connectivity index (χ3n) is 2.59. The summed E-state index contributed by atoms with van der Waals surface area (Å²) in [4.78, 5) is 0.269. The van der Waals surface area contributed by atoms with Gasteiger partial charge in [0.1, 0.15) is 0 Å². The second-order valence-corrected chi connectivity index (χ2v) is 5.95. The predicted molar refractivity (Wildman–Crippen MR) is 83.6 cm³/mol. The van der Waals surface area contributed by atoms with Gasteiger partial charge in [-0.1, -0.05) is 36.3 Å². The summed E-state index contributed by atoms with van der Waals surface area (Å²) in [5.74, 6) is 3.24. The van der Waals surface area contributed by atoms with Gasteiger partial charge in [-0.3, -0.25) is 0 Å². The first-order valence-electron chi connectivity index (χ1n) is 6.76. The number of halogens is 3. The van der Waals surface area contributed by atoms with Crippen molar-refractivity contribution in [3.8, 4) is 0 Å². The van der Waals surface area contributed by atoms with Crippen molar-refractivity contribution in [1.29, 1.82) is 0 Å². The summed E-state index contributed by atoms with van der Waals surface area (Å²) in [5.41, 5.74) is 2.92. The fraction of sp³-hybridized carbons (Fsp3) is 0.533. The molecule has 0 radical (unpaired) electrons. The lowest BCUT2D eigenvalue weighted by Gasteiger charge is -2.14. The minimum Gasteiger partial charge on any atom is -0.330 e. The van der Waals surface area contributed by atoms with Crippen LogP contribution in [0.25, 0.3) is 0 Å². The smallest absolute Gasteiger partial charge is 0.330 e. The number of hydrogen-bond donors (Lipinski definition) is 1. The normalized spacial score (nSPS) is 12.6. The Balaban J connectivity index is 0.00000172. The molecule has 0 heterocycles. The molecule has 0 aliphatic heterocycles. The van der Waals surface area contributed by atoms with E-state index in [0.717, 1.165) is 30.4 Å². The lowest BCUT2D eigenvalue weighted by atomic mass is 10.1. The summed E-state index contributed by atoms with van der Waals surface area (Å²) in [6.07, 6.45) is 2.55. The average molecular weight is 307 g/mol. The van der Waals surface area contributed by atoms with Gasteiger partial charge in [-0.25, -0.2) is 0 Å². The van der Waals surface area contributed by atoms with Crippen molar-refractivity contribution in [2.75, 3.05) is 6.54 Å². The quantitative estimate of drug-likeness (QED) is 0.609. The standard InChI is InChI=1S/C13H18F3NS.C2H6/c1-10-7-11(5-3-4-6-17)9-12(8-10)18(2)13(14,15)16;1-2/h7-9H,2-6,17H2,1H3;1-2H3. The molecule has 0 aliphatic rings. The predicted octanol–water partition coefficient (Wildman–Crippen LogP) is 4.88. The van der Waals surface area contributed by atoms with Crippen LogP contribution in [0.15, 0.2) is 23.1 Å². The Hall–Kier alpha value is -0.810. The van der Waals surface area contributed by atoms with Crippen LogP contribution in [0, 0.1) is 6.92 Å². The Morgan fingerprint density at radius 2 is 1.75 bits per heavy atom. The number of alkyl halides is 3. The third-order valence-corrected chi connectivity index (χ3v) is 3.96. The Labute approximate surface area is 122 Å². The first-order chi connectivity index (χ1) is 9.34. The lowest BCUT2D eigenvalue weighted by Crippen LogP contribution is -2.04. The zero-order valence-corrected chi connectivity index (χ0v) is 13.2. The van der Waals surface area contributed by atoms with Crippen molar-refractivity contribution in [1.82, 2.24) is 0 Å². The van der Waals surface area contributed by atoms with Crippen molar-refractivity contribution in [3.63, 3.8) is 0 Å².